The number of aromatic nitrogens is 2. The van der Waals surface area contributed by atoms with Crippen LogP contribution in [0.1, 0.15) is 66.1 Å². The summed E-state index contributed by atoms with van der Waals surface area (Å²) in [5, 5.41) is 18.1. The van der Waals surface area contributed by atoms with Crippen molar-refractivity contribution in [3.8, 4) is 0 Å². The molecule has 34 heavy (non-hydrogen) atoms. The van der Waals surface area contributed by atoms with Crippen LogP contribution in [0.4, 0.5) is 10.1 Å². The van der Waals surface area contributed by atoms with Crippen LogP contribution in [-0.2, 0) is 4.79 Å². The largest absolute Gasteiger partial charge is 0.389 e. The lowest BCUT2D eigenvalue weighted by Crippen LogP contribution is -2.41. The van der Waals surface area contributed by atoms with Crippen LogP contribution in [0, 0.1) is 18.7 Å². The fourth-order valence-corrected chi connectivity index (χ4v) is 3.96. The summed E-state index contributed by atoms with van der Waals surface area (Å²) in [6, 6.07) is 2.51. The minimum atomic E-state index is -1.10. The number of aryl methyl sites for hydroxylation is 1. The van der Waals surface area contributed by atoms with Gasteiger partial charge in [-0.1, -0.05) is 11.6 Å². The van der Waals surface area contributed by atoms with Crippen molar-refractivity contribution < 1.29 is 23.9 Å². The van der Waals surface area contributed by atoms with Gasteiger partial charge in [-0.25, -0.2) is 9.37 Å². The second kappa shape index (κ2) is 10.5. The number of halogens is 2. The Bertz CT molecular complexity index is 1070. The Morgan fingerprint density at radius 3 is 2.53 bits per heavy atom. The van der Waals surface area contributed by atoms with Crippen molar-refractivity contribution in [3.05, 3.63) is 46.3 Å². The van der Waals surface area contributed by atoms with Crippen molar-refractivity contribution >= 4 is 35.0 Å². The summed E-state index contributed by atoms with van der Waals surface area (Å²) < 4.78 is 13.6. The highest BCUT2D eigenvalue weighted by molar-refractivity contribution is 6.33. The Kier molecular flexibility index (Phi) is 7.93. The summed E-state index contributed by atoms with van der Waals surface area (Å²) >= 11 is 6.04. The third-order valence-electron chi connectivity index (χ3n) is 5.70. The maximum Gasteiger partial charge on any atom is 0.272 e. The van der Waals surface area contributed by atoms with Crippen LogP contribution in [-0.4, -0.2) is 51.0 Å². The number of hydrogen-bond donors (Lipinski definition) is 5. The number of nitrogens with one attached hydrogen (secondary N) is 4. The van der Waals surface area contributed by atoms with Gasteiger partial charge in [-0.05, 0) is 64.2 Å². The predicted octanol–water partition coefficient (Wildman–Crippen LogP) is 2.94. The standard InChI is InChI=1S/C23H29ClFN5O4/c1-12-8-17(15(24)9-16(12)25)30-20(31)13-4-6-14(7-5-13)29-22(33)19-18(27-11-28-19)21(32)26-10-23(2,3)34/h8-9,11,13-14,34H,4-7,10H2,1-3H3,(H,26,32)(H,27,28)(H,29,33)(H,30,31)/t13-,14-. The number of H-pyrrole nitrogens is 1. The first kappa shape index (κ1) is 25.6. The van der Waals surface area contributed by atoms with Crippen LogP contribution in [0.25, 0.3) is 0 Å². The molecule has 1 aromatic heterocycles. The molecule has 3 amide bonds. The predicted molar refractivity (Wildman–Crippen MR) is 125 cm³/mol. The van der Waals surface area contributed by atoms with Gasteiger partial charge in [0.2, 0.25) is 5.91 Å². The van der Waals surface area contributed by atoms with E-state index in [2.05, 4.69) is 25.9 Å². The number of aliphatic hydroxyl groups is 1. The van der Waals surface area contributed by atoms with Crippen molar-refractivity contribution in [2.75, 3.05) is 11.9 Å². The number of aromatic amines is 1. The Morgan fingerprint density at radius 2 is 1.88 bits per heavy atom. The first-order valence-electron chi connectivity index (χ1n) is 11.1. The fraction of sp³-hybridized carbons (Fsp3) is 0.478. The molecule has 0 radical (unpaired) electrons. The number of benzene rings is 1. The zero-order chi connectivity index (χ0) is 25.0. The number of imidazole rings is 1. The minimum Gasteiger partial charge on any atom is -0.389 e. The molecule has 0 saturated heterocycles. The molecule has 1 aromatic carbocycles. The lowest BCUT2D eigenvalue weighted by atomic mass is 9.85. The summed E-state index contributed by atoms with van der Waals surface area (Å²) in [5.74, 6) is -1.92. The second-order valence-electron chi connectivity index (χ2n) is 9.21. The van der Waals surface area contributed by atoms with E-state index in [0.717, 1.165) is 0 Å². The maximum atomic E-state index is 13.6. The third kappa shape index (κ3) is 6.54. The van der Waals surface area contributed by atoms with Gasteiger partial charge in [0.25, 0.3) is 11.8 Å². The highest BCUT2D eigenvalue weighted by Crippen LogP contribution is 2.29. The van der Waals surface area contributed by atoms with E-state index in [9.17, 15) is 23.9 Å². The highest BCUT2D eigenvalue weighted by Gasteiger charge is 2.29. The van der Waals surface area contributed by atoms with Crippen molar-refractivity contribution in [3.63, 3.8) is 0 Å². The van der Waals surface area contributed by atoms with Gasteiger partial charge in [0, 0.05) is 18.5 Å². The third-order valence-corrected chi connectivity index (χ3v) is 6.02. The van der Waals surface area contributed by atoms with E-state index in [-0.39, 0.29) is 40.8 Å². The van der Waals surface area contributed by atoms with E-state index in [4.69, 9.17) is 11.6 Å². The summed E-state index contributed by atoms with van der Waals surface area (Å²) in [5.41, 5.74) is -0.357. The molecule has 1 aliphatic rings. The highest BCUT2D eigenvalue weighted by atomic mass is 35.5. The average molecular weight is 494 g/mol. The molecule has 0 aliphatic heterocycles. The first-order chi connectivity index (χ1) is 15.9. The number of nitrogens with zero attached hydrogens (tertiary/aromatic N) is 1. The van der Waals surface area contributed by atoms with Crippen LogP contribution in [0.5, 0.6) is 0 Å². The SMILES string of the molecule is Cc1cc(NC(=O)[C@H]2CC[C@H](NC(=O)c3[nH]cnc3C(=O)NCC(C)(C)O)CC2)c(Cl)cc1F. The van der Waals surface area contributed by atoms with Crippen molar-refractivity contribution in [2.24, 2.45) is 5.92 Å². The second-order valence-corrected chi connectivity index (χ2v) is 9.62. The van der Waals surface area contributed by atoms with Gasteiger partial charge in [-0.2, -0.15) is 0 Å². The molecular weight excluding hydrogens is 465 g/mol. The van der Waals surface area contributed by atoms with E-state index in [0.29, 0.717) is 36.9 Å². The normalized spacial score (nSPS) is 18.3. The molecule has 1 aliphatic carbocycles. The average Bonchev–Trinajstić information content (AvgIpc) is 3.26. The summed E-state index contributed by atoms with van der Waals surface area (Å²) in [4.78, 5) is 44.3. The summed E-state index contributed by atoms with van der Waals surface area (Å²) in [6.45, 7) is 4.71. The Labute approximate surface area is 201 Å². The van der Waals surface area contributed by atoms with E-state index in [1.165, 1.54) is 18.5 Å². The molecule has 184 valence electrons. The number of carbonyl (C=O) groups excluding carboxylic acids is 3. The molecule has 3 rings (SSSR count). The zero-order valence-corrected chi connectivity index (χ0v) is 20.1. The molecule has 0 unspecified atom stereocenters. The smallest absolute Gasteiger partial charge is 0.272 e. The number of amides is 3. The Morgan fingerprint density at radius 1 is 1.21 bits per heavy atom. The Hall–Kier alpha value is -2.98. The van der Waals surface area contributed by atoms with Gasteiger partial charge in [0.1, 0.15) is 11.5 Å². The summed E-state index contributed by atoms with van der Waals surface area (Å²) in [6.07, 6.45) is 3.52. The zero-order valence-electron chi connectivity index (χ0n) is 19.3. The molecule has 0 spiro atoms. The van der Waals surface area contributed by atoms with Gasteiger partial charge < -0.3 is 26.0 Å². The lowest BCUT2D eigenvalue weighted by Gasteiger charge is -2.28. The fourth-order valence-electron chi connectivity index (χ4n) is 3.77. The minimum absolute atomic E-state index is 0.00846. The molecule has 9 nitrogen and oxygen atoms in total. The number of rotatable bonds is 7. The quantitative estimate of drug-likeness (QED) is 0.404. The number of carbonyl (C=O) groups is 3. The molecule has 0 atom stereocenters. The molecule has 2 aromatic rings. The molecule has 1 saturated carbocycles. The van der Waals surface area contributed by atoms with Crippen LogP contribution in [0.15, 0.2) is 18.5 Å². The number of anilines is 1. The molecule has 5 N–H and O–H groups in total. The van der Waals surface area contributed by atoms with Crippen molar-refractivity contribution in [1.29, 1.82) is 0 Å². The topological polar surface area (TPSA) is 136 Å². The molecule has 11 heteroatoms. The van der Waals surface area contributed by atoms with Crippen molar-refractivity contribution in [2.45, 2.75) is 58.1 Å². The van der Waals surface area contributed by atoms with Crippen LogP contribution < -0.4 is 16.0 Å². The van der Waals surface area contributed by atoms with Crippen LogP contribution in [0.2, 0.25) is 5.02 Å². The molecular formula is C23H29ClFN5O4. The van der Waals surface area contributed by atoms with E-state index in [1.54, 1.807) is 20.8 Å². The monoisotopic (exact) mass is 493 g/mol. The molecule has 0 bridgehead atoms. The number of hydrogen-bond acceptors (Lipinski definition) is 5. The van der Waals surface area contributed by atoms with E-state index >= 15 is 0 Å². The van der Waals surface area contributed by atoms with Gasteiger partial charge >= 0.3 is 0 Å². The van der Waals surface area contributed by atoms with Crippen LogP contribution in [0.3, 0.4) is 0 Å². The van der Waals surface area contributed by atoms with Gasteiger partial charge in [-0.3, -0.25) is 14.4 Å². The summed E-state index contributed by atoms with van der Waals surface area (Å²) in [7, 11) is 0. The van der Waals surface area contributed by atoms with Gasteiger partial charge in [0.15, 0.2) is 5.69 Å². The van der Waals surface area contributed by atoms with Gasteiger partial charge in [-0.15, -0.1) is 0 Å². The Balaban J connectivity index is 1.52. The van der Waals surface area contributed by atoms with Crippen molar-refractivity contribution in [1.82, 2.24) is 20.6 Å². The van der Waals surface area contributed by atoms with Gasteiger partial charge in [0.05, 0.1) is 22.6 Å². The molecule has 1 fully saturated rings. The molecule has 1 heterocycles. The van der Waals surface area contributed by atoms with Crippen LogP contribution >= 0.6 is 11.6 Å². The lowest BCUT2D eigenvalue weighted by molar-refractivity contribution is -0.120. The maximum absolute atomic E-state index is 13.6. The van der Waals surface area contributed by atoms with E-state index in [1.807, 2.05) is 0 Å². The first-order valence-corrected chi connectivity index (χ1v) is 11.4. The van der Waals surface area contributed by atoms with E-state index < -0.39 is 23.2 Å².